The Balaban J connectivity index is 3.52. The maximum Gasteiger partial charge on any atom is 0.289 e. The molecule has 0 amide bonds. The summed E-state index contributed by atoms with van der Waals surface area (Å²) in [6.45, 7) is 3.21. The molecule has 0 aromatic heterocycles. The molecule has 1 rings (SSSR count). The lowest BCUT2D eigenvalue weighted by Gasteiger charge is -2.21. The van der Waals surface area contributed by atoms with Gasteiger partial charge in [-0.15, -0.1) is 0 Å². The average molecular weight is 260 g/mol. The molecule has 1 aromatic rings. The second kappa shape index (κ2) is 4.89. The molecule has 0 bridgehead atoms. The van der Waals surface area contributed by atoms with Crippen molar-refractivity contribution in [3.05, 3.63) is 27.8 Å². The zero-order valence-electron chi connectivity index (χ0n) is 9.77. The van der Waals surface area contributed by atoms with Gasteiger partial charge in [0.25, 0.3) is 5.92 Å². The zero-order chi connectivity index (χ0) is 13.2. The number of alkyl halides is 2. The first-order valence-corrected chi connectivity index (χ1v) is 5.32. The normalized spacial score (nSPS) is 11.1. The van der Waals surface area contributed by atoms with Gasteiger partial charge >= 0.3 is 0 Å². The van der Waals surface area contributed by atoms with Crippen molar-refractivity contribution < 1.29 is 13.5 Å². The van der Waals surface area contributed by atoms with Crippen LogP contribution in [0.25, 0.3) is 0 Å². The second-order valence-corrected chi connectivity index (χ2v) is 4.13. The zero-order valence-corrected chi connectivity index (χ0v) is 10.5. The molecule has 0 unspecified atom stereocenters. The van der Waals surface area contributed by atoms with E-state index in [1.54, 1.807) is 6.92 Å². The van der Waals surface area contributed by atoms with Crippen molar-refractivity contribution in [1.29, 1.82) is 5.26 Å². The molecule has 0 aliphatic carbocycles. The van der Waals surface area contributed by atoms with Gasteiger partial charge in [-0.3, -0.25) is 0 Å². The van der Waals surface area contributed by atoms with E-state index in [0.29, 0.717) is 5.56 Å². The highest BCUT2D eigenvalue weighted by atomic mass is 35.5. The summed E-state index contributed by atoms with van der Waals surface area (Å²) in [6.07, 6.45) is -0.899. The topological polar surface area (TPSA) is 33.0 Å². The van der Waals surface area contributed by atoms with E-state index in [1.165, 1.54) is 26.2 Å². The monoisotopic (exact) mass is 259 g/mol. The molecule has 0 spiro atoms. The van der Waals surface area contributed by atoms with Crippen LogP contribution in [0, 0.1) is 25.2 Å². The number of methoxy groups -OCH3 is 1. The Bertz CT molecular complexity index is 480. The summed E-state index contributed by atoms with van der Waals surface area (Å²) in [5.41, 5.74) is 0.610. The van der Waals surface area contributed by atoms with Crippen molar-refractivity contribution in [1.82, 2.24) is 0 Å². The number of aryl methyl sites for hydroxylation is 1. The molecule has 0 atom stereocenters. The van der Waals surface area contributed by atoms with Gasteiger partial charge in [0.05, 0.1) is 18.7 Å². The molecule has 0 aliphatic rings. The van der Waals surface area contributed by atoms with Gasteiger partial charge in [-0.05, 0) is 31.0 Å². The minimum absolute atomic E-state index is 0.0599. The predicted octanol–water partition coefficient (Wildman–Crippen LogP) is 3.97. The number of hydrogen-bond donors (Lipinski definition) is 0. The van der Waals surface area contributed by atoms with E-state index in [1.807, 2.05) is 0 Å². The third kappa shape index (κ3) is 2.50. The van der Waals surface area contributed by atoms with E-state index >= 15 is 0 Å². The van der Waals surface area contributed by atoms with Gasteiger partial charge in [0.1, 0.15) is 12.2 Å². The molecule has 0 saturated carbocycles. The molecule has 92 valence electrons. The number of benzene rings is 1. The summed E-state index contributed by atoms with van der Waals surface area (Å²) in [4.78, 5) is 0. The molecule has 17 heavy (non-hydrogen) atoms. The maximum atomic E-state index is 13.8. The van der Waals surface area contributed by atoms with Crippen molar-refractivity contribution in [3.8, 4) is 11.8 Å². The Morgan fingerprint density at radius 2 is 2.06 bits per heavy atom. The number of halogens is 3. The summed E-state index contributed by atoms with van der Waals surface area (Å²) in [6, 6.07) is 2.92. The molecule has 0 fully saturated rings. The van der Waals surface area contributed by atoms with Crippen LogP contribution < -0.4 is 4.74 Å². The van der Waals surface area contributed by atoms with Gasteiger partial charge < -0.3 is 4.74 Å². The summed E-state index contributed by atoms with van der Waals surface area (Å²) in [5.74, 6) is -3.20. The number of nitrogens with zero attached hydrogens (tertiary/aromatic N) is 1. The number of ether oxygens (including phenoxy) is 1. The van der Waals surface area contributed by atoms with Gasteiger partial charge in [-0.2, -0.15) is 5.26 Å². The summed E-state index contributed by atoms with van der Waals surface area (Å²) in [5, 5.41) is 8.71. The lowest BCUT2D eigenvalue weighted by molar-refractivity contribution is -0.00191. The number of rotatable bonds is 3. The van der Waals surface area contributed by atoms with Crippen LogP contribution in [0.4, 0.5) is 8.78 Å². The smallest absolute Gasteiger partial charge is 0.289 e. The van der Waals surface area contributed by atoms with Crippen molar-refractivity contribution in [2.24, 2.45) is 0 Å². The predicted molar refractivity (Wildman–Crippen MR) is 61.6 cm³/mol. The van der Waals surface area contributed by atoms with Crippen LogP contribution in [0.1, 0.15) is 23.1 Å². The highest BCUT2D eigenvalue weighted by Crippen LogP contribution is 2.43. The fraction of sp³-hybridized carbons (Fsp3) is 0.417. The van der Waals surface area contributed by atoms with Gasteiger partial charge in [-0.25, -0.2) is 8.78 Å². The van der Waals surface area contributed by atoms with Gasteiger partial charge in [0.15, 0.2) is 0 Å². The molecule has 0 saturated heterocycles. The van der Waals surface area contributed by atoms with Crippen molar-refractivity contribution in [3.63, 3.8) is 0 Å². The third-order valence-corrected chi connectivity index (χ3v) is 3.11. The van der Waals surface area contributed by atoms with Crippen LogP contribution in [0.15, 0.2) is 6.07 Å². The average Bonchev–Trinajstić information content (AvgIpc) is 2.24. The molecule has 1 aromatic carbocycles. The highest BCUT2D eigenvalue weighted by molar-refractivity contribution is 6.32. The SMILES string of the molecule is COc1cc(C)c(Cl)c(C)c1C(F)(F)CC#N. The van der Waals surface area contributed by atoms with Crippen LogP contribution in [0.5, 0.6) is 5.75 Å². The largest absolute Gasteiger partial charge is 0.496 e. The first-order chi connectivity index (χ1) is 7.85. The van der Waals surface area contributed by atoms with E-state index in [-0.39, 0.29) is 21.9 Å². The second-order valence-electron chi connectivity index (χ2n) is 3.75. The minimum atomic E-state index is -3.26. The van der Waals surface area contributed by atoms with E-state index < -0.39 is 12.3 Å². The Morgan fingerprint density at radius 3 is 2.53 bits per heavy atom. The maximum absolute atomic E-state index is 13.8. The molecular formula is C12H12ClF2NO. The fourth-order valence-electron chi connectivity index (χ4n) is 1.73. The van der Waals surface area contributed by atoms with E-state index in [2.05, 4.69) is 0 Å². The number of hydrogen-bond acceptors (Lipinski definition) is 2. The molecular weight excluding hydrogens is 248 g/mol. The lowest BCUT2D eigenvalue weighted by atomic mass is 9.97. The quantitative estimate of drug-likeness (QED) is 0.823. The van der Waals surface area contributed by atoms with Crippen LogP contribution in [-0.2, 0) is 5.92 Å². The van der Waals surface area contributed by atoms with Crippen molar-refractivity contribution >= 4 is 11.6 Å². The van der Waals surface area contributed by atoms with Crippen molar-refractivity contribution in [2.75, 3.05) is 7.11 Å². The molecule has 0 aliphatic heterocycles. The highest BCUT2D eigenvalue weighted by Gasteiger charge is 2.37. The molecule has 0 radical (unpaired) electrons. The van der Waals surface area contributed by atoms with E-state index in [4.69, 9.17) is 21.6 Å². The van der Waals surface area contributed by atoms with Crippen LogP contribution in [-0.4, -0.2) is 7.11 Å². The molecule has 5 heteroatoms. The summed E-state index contributed by atoms with van der Waals surface area (Å²) < 4.78 is 32.6. The standard InChI is InChI=1S/C12H12ClF2NO/c1-7-6-9(17-3)10(8(2)11(7)13)12(14,15)4-5-16/h6H,4H2,1-3H3. The third-order valence-electron chi connectivity index (χ3n) is 2.53. The van der Waals surface area contributed by atoms with Crippen molar-refractivity contribution in [2.45, 2.75) is 26.2 Å². The van der Waals surface area contributed by atoms with Crippen LogP contribution in [0.2, 0.25) is 5.02 Å². The molecule has 0 N–H and O–H groups in total. The lowest BCUT2D eigenvalue weighted by Crippen LogP contribution is -2.16. The van der Waals surface area contributed by atoms with Gasteiger partial charge in [0, 0.05) is 5.02 Å². The summed E-state index contributed by atoms with van der Waals surface area (Å²) >= 11 is 5.95. The van der Waals surface area contributed by atoms with E-state index in [0.717, 1.165) is 0 Å². The summed E-state index contributed by atoms with van der Waals surface area (Å²) in [7, 11) is 1.31. The van der Waals surface area contributed by atoms with Gasteiger partial charge in [-0.1, -0.05) is 11.6 Å². The Hall–Kier alpha value is -1.34. The fourth-order valence-corrected chi connectivity index (χ4v) is 1.87. The molecule has 2 nitrogen and oxygen atoms in total. The number of nitriles is 1. The first-order valence-electron chi connectivity index (χ1n) is 4.94. The van der Waals surface area contributed by atoms with Crippen LogP contribution >= 0.6 is 11.6 Å². The van der Waals surface area contributed by atoms with E-state index in [9.17, 15) is 8.78 Å². The van der Waals surface area contributed by atoms with Gasteiger partial charge in [0.2, 0.25) is 0 Å². The molecule has 0 heterocycles. The first kappa shape index (κ1) is 13.7. The Kier molecular flexibility index (Phi) is 3.94. The minimum Gasteiger partial charge on any atom is -0.496 e. The van der Waals surface area contributed by atoms with Crippen LogP contribution in [0.3, 0.4) is 0 Å². The Morgan fingerprint density at radius 1 is 1.47 bits per heavy atom. The Labute approximate surface area is 104 Å².